The van der Waals surface area contributed by atoms with Gasteiger partial charge in [0.15, 0.2) is 0 Å². The summed E-state index contributed by atoms with van der Waals surface area (Å²) in [7, 11) is 1.61. The number of halogens is 2. The summed E-state index contributed by atoms with van der Waals surface area (Å²) >= 11 is 13.2. The summed E-state index contributed by atoms with van der Waals surface area (Å²) in [6.07, 6.45) is -0.771. The van der Waals surface area contributed by atoms with Gasteiger partial charge in [-0.1, -0.05) is 29.3 Å². The lowest BCUT2D eigenvalue weighted by Gasteiger charge is -2.14. The molecule has 0 bridgehead atoms. The predicted molar refractivity (Wildman–Crippen MR) is 76.1 cm³/mol. The van der Waals surface area contributed by atoms with Gasteiger partial charge in [-0.3, -0.25) is 0 Å². The molecule has 0 fully saturated rings. The average Bonchev–Trinajstić information content (AvgIpc) is 2.67. The summed E-state index contributed by atoms with van der Waals surface area (Å²) in [4.78, 5) is 0. The molecule has 0 amide bonds. The van der Waals surface area contributed by atoms with E-state index in [0.717, 1.165) is 16.9 Å². The Morgan fingerprint density at radius 1 is 1.22 bits per heavy atom. The molecule has 0 saturated heterocycles. The number of thiophene rings is 1. The Kier molecular flexibility index (Phi) is 4.17. The smallest absolute Gasteiger partial charge is 0.119 e. The number of aryl methyl sites for hydroxylation is 1. The van der Waals surface area contributed by atoms with Gasteiger partial charge in [0.2, 0.25) is 0 Å². The van der Waals surface area contributed by atoms with Gasteiger partial charge >= 0.3 is 0 Å². The fraction of sp³-hybridized carbons (Fsp3) is 0.231. The van der Waals surface area contributed by atoms with E-state index in [1.165, 1.54) is 11.3 Å². The molecule has 0 radical (unpaired) electrons. The number of hydrogen-bond donors (Lipinski definition) is 1. The Morgan fingerprint density at radius 3 is 2.44 bits per heavy atom. The van der Waals surface area contributed by atoms with E-state index in [1.54, 1.807) is 13.2 Å². The van der Waals surface area contributed by atoms with E-state index < -0.39 is 6.10 Å². The van der Waals surface area contributed by atoms with Crippen molar-refractivity contribution in [1.29, 1.82) is 0 Å². The van der Waals surface area contributed by atoms with Crippen LogP contribution in [-0.4, -0.2) is 12.2 Å². The Balaban J connectivity index is 2.39. The summed E-state index contributed by atoms with van der Waals surface area (Å²) in [5.41, 5.74) is 2.38. The average molecular weight is 303 g/mol. The van der Waals surface area contributed by atoms with E-state index in [0.29, 0.717) is 14.2 Å². The maximum atomic E-state index is 10.4. The van der Waals surface area contributed by atoms with Crippen molar-refractivity contribution >= 4 is 34.5 Å². The highest BCUT2D eigenvalue weighted by atomic mass is 35.5. The quantitative estimate of drug-likeness (QED) is 0.907. The van der Waals surface area contributed by atoms with Crippen molar-refractivity contribution in [2.75, 3.05) is 7.11 Å². The molecule has 1 aromatic heterocycles. The van der Waals surface area contributed by atoms with Crippen LogP contribution in [0.15, 0.2) is 24.3 Å². The molecular weight excluding hydrogens is 291 g/mol. The van der Waals surface area contributed by atoms with Crippen LogP contribution in [0.1, 0.15) is 22.8 Å². The van der Waals surface area contributed by atoms with Crippen molar-refractivity contribution in [2.45, 2.75) is 13.0 Å². The van der Waals surface area contributed by atoms with Gasteiger partial charge in [0.1, 0.15) is 16.2 Å². The number of rotatable bonds is 3. The first-order chi connectivity index (χ1) is 8.52. The van der Waals surface area contributed by atoms with Crippen LogP contribution in [0.5, 0.6) is 5.75 Å². The molecule has 5 heteroatoms. The number of aliphatic hydroxyl groups excluding tert-OH is 1. The van der Waals surface area contributed by atoms with Gasteiger partial charge in [-0.15, -0.1) is 11.3 Å². The van der Waals surface area contributed by atoms with E-state index in [9.17, 15) is 5.11 Å². The minimum atomic E-state index is -0.771. The first kappa shape index (κ1) is 13.7. The molecule has 0 saturated carbocycles. The Hall–Kier alpha value is -0.740. The Morgan fingerprint density at radius 2 is 1.94 bits per heavy atom. The van der Waals surface area contributed by atoms with Gasteiger partial charge in [0.05, 0.1) is 11.4 Å². The lowest BCUT2D eigenvalue weighted by molar-refractivity contribution is 0.220. The highest BCUT2D eigenvalue weighted by Gasteiger charge is 2.18. The van der Waals surface area contributed by atoms with Crippen LogP contribution in [0.3, 0.4) is 0 Å². The van der Waals surface area contributed by atoms with Gasteiger partial charge in [-0.2, -0.15) is 0 Å². The highest BCUT2D eigenvalue weighted by molar-refractivity contribution is 7.20. The molecule has 1 N–H and O–H groups in total. The lowest BCUT2D eigenvalue weighted by atomic mass is 9.99. The molecule has 2 rings (SSSR count). The summed E-state index contributed by atoms with van der Waals surface area (Å²) in [5.74, 6) is 0.762. The number of ether oxygens (including phenoxy) is 1. The third-order valence-corrected chi connectivity index (χ3v) is 4.27. The number of aliphatic hydroxyl groups is 1. The van der Waals surface area contributed by atoms with Crippen molar-refractivity contribution in [2.24, 2.45) is 0 Å². The molecule has 96 valence electrons. The SMILES string of the molecule is COc1ccc(C(O)c2cc(Cl)sc2Cl)c(C)c1. The van der Waals surface area contributed by atoms with Crippen molar-refractivity contribution in [1.82, 2.24) is 0 Å². The van der Waals surface area contributed by atoms with Crippen LogP contribution in [0, 0.1) is 6.92 Å². The monoisotopic (exact) mass is 302 g/mol. The van der Waals surface area contributed by atoms with E-state index in [-0.39, 0.29) is 0 Å². The molecular formula is C13H12Cl2O2S. The van der Waals surface area contributed by atoms with Gasteiger partial charge in [0.25, 0.3) is 0 Å². The molecule has 0 aliphatic carbocycles. The molecule has 2 nitrogen and oxygen atoms in total. The standard InChI is InChI=1S/C13H12Cl2O2S/c1-7-5-8(17-2)3-4-9(7)12(16)10-6-11(14)18-13(10)15/h3-6,12,16H,1-2H3. The first-order valence-electron chi connectivity index (χ1n) is 5.30. The van der Waals surface area contributed by atoms with Gasteiger partial charge < -0.3 is 9.84 Å². The second kappa shape index (κ2) is 5.49. The van der Waals surface area contributed by atoms with Crippen LogP contribution >= 0.6 is 34.5 Å². The van der Waals surface area contributed by atoms with Crippen LogP contribution in [0.25, 0.3) is 0 Å². The molecule has 1 atom stereocenters. The third-order valence-electron chi connectivity index (χ3n) is 2.75. The van der Waals surface area contributed by atoms with Crippen LogP contribution in [0.2, 0.25) is 8.67 Å². The van der Waals surface area contributed by atoms with Crippen molar-refractivity contribution < 1.29 is 9.84 Å². The molecule has 0 aliphatic heterocycles. The van der Waals surface area contributed by atoms with E-state index in [1.807, 2.05) is 25.1 Å². The largest absolute Gasteiger partial charge is 0.497 e. The van der Waals surface area contributed by atoms with Gasteiger partial charge in [-0.25, -0.2) is 0 Å². The fourth-order valence-electron chi connectivity index (χ4n) is 1.79. The predicted octanol–water partition coefficient (Wildman–Crippen LogP) is 4.45. The zero-order chi connectivity index (χ0) is 13.3. The normalized spacial score (nSPS) is 12.5. The molecule has 1 aromatic carbocycles. The molecule has 1 heterocycles. The zero-order valence-electron chi connectivity index (χ0n) is 9.91. The summed E-state index contributed by atoms with van der Waals surface area (Å²) < 4.78 is 6.22. The Bertz CT molecular complexity index is 566. The van der Waals surface area contributed by atoms with Crippen LogP contribution < -0.4 is 4.74 Å². The Labute approximate surface area is 120 Å². The highest BCUT2D eigenvalue weighted by Crippen LogP contribution is 2.38. The third kappa shape index (κ3) is 2.64. The van der Waals surface area contributed by atoms with Crippen molar-refractivity contribution in [3.05, 3.63) is 49.6 Å². The fourth-order valence-corrected chi connectivity index (χ4v) is 3.31. The van der Waals surface area contributed by atoms with Gasteiger partial charge in [0, 0.05) is 5.56 Å². The second-order valence-electron chi connectivity index (χ2n) is 3.90. The van der Waals surface area contributed by atoms with Crippen LogP contribution in [0.4, 0.5) is 0 Å². The van der Waals surface area contributed by atoms with Crippen molar-refractivity contribution in [3.63, 3.8) is 0 Å². The lowest BCUT2D eigenvalue weighted by Crippen LogP contribution is -2.01. The minimum absolute atomic E-state index is 0.516. The molecule has 0 spiro atoms. The topological polar surface area (TPSA) is 29.5 Å². The van der Waals surface area contributed by atoms with E-state index >= 15 is 0 Å². The van der Waals surface area contributed by atoms with E-state index in [4.69, 9.17) is 27.9 Å². The molecule has 18 heavy (non-hydrogen) atoms. The maximum Gasteiger partial charge on any atom is 0.119 e. The number of hydrogen-bond acceptors (Lipinski definition) is 3. The summed E-state index contributed by atoms with van der Waals surface area (Å²) in [6, 6.07) is 7.22. The first-order valence-corrected chi connectivity index (χ1v) is 6.87. The maximum absolute atomic E-state index is 10.4. The minimum Gasteiger partial charge on any atom is -0.497 e. The molecule has 0 aliphatic rings. The van der Waals surface area contributed by atoms with Gasteiger partial charge in [-0.05, 0) is 36.2 Å². The number of benzene rings is 1. The number of methoxy groups -OCH3 is 1. The molecule has 2 aromatic rings. The van der Waals surface area contributed by atoms with Crippen molar-refractivity contribution in [3.8, 4) is 5.75 Å². The summed E-state index contributed by atoms with van der Waals surface area (Å²) in [6.45, 7) is 1.92. The summed E-state index contributed by atoms with van der Waals surface area (Å²) in [5, 5.41) is 10.4. The van der Waals surface area contributed by atoms with Crippen LogP contribution in [-0.2, 0) is 0 Å². The zero-order valence-corrected chi connectivity index (χ0v) is 12.2. The second-order valence-corrected chi connectivity index (χ2v) is 6.19. The van der Waals surface area contributed by atoms with E-state index in [2.05, 4.69) is 0 Å². The molecule has 1 unspecified atom stereocenters.